The third-order valence-corrected chi connectivity index (χ3v) is 6.27. The Balaban J connectivity index is 1.28. The molecule has 3 atom stereocenters. The molecule has 1 aromatic rings. The first-order valence-corrected chi connectivity index (χ1v) is 10.4. The number of benzene rings is 1. The van der Waals surface area contributed by atoms with E-state index in [9.17, 15) is 9.59 Å². The minimum atomic E-state index is -0.397. The van der Waals surface area contributed by atoms with E-state index in [1.165, 1.54) is 12.8 Å². The van der Waals surface area contributed by atoms with Crippen LogP contribution >= 0.6 is 0 Å². The Labute approximate surface area is 166 Å². The third-order valence-electron chi connectivity index (χ3n) is 6.27. The van der Waals surface area contributed by atoms with Crippen molar-refractivity contribution in [2.75, 3.05) is 38.2 Å². The highest BCUT2D eigenvalue weighted by atomic mass is 16.5. The SMILES string of the molecule is COc1ccc(N2CCN(C(=O)C[C@H]3N[C@@H]4CCCC[C@@H]4NC3=O)CC2)cc1. The molecule has 7 nitrogen and oxygen atoms in total. The fraction of sp³-hybridized carbons (Fsp3) is 0.619. The van der Waals surface area contributed by atoms with Gasteiger partial charge in [-0.3, -0.25) is 9.59 Å². The second kappa shape index (κ2) is 8.39. The molecule has 0 aromatic heterocycles. The molecule has 4 rings (SSSR count). The lowest BCUT2D eigenvalue weighted by molar-refractivity contribution is -0.136. The summed E-state index contributed by atoms with van der Waals surface area (Å²) >= 11 is 0. The Morgan fingerprint density at radius 2 is 1.75 bits per heavy atom. The van der Waals surface area contributed by atoms with Crippen LogP contribution in [0.5, 0.6) is 5.75 Å². The number of carbonyl (C=O) groups excluding carboxylic acids is 2. The first-order chi connectivity index (χ1) is 13.6. The topological polar surface area (TPSA) is 73.9 Å². The first-order valence-electron chi connectivity index (χ1n) is 10.4. The van der Waals surface area contributed by atoms with Gasteiger partial charge in [-0.05, 0) is 37.1 Å². The third kappa shape index (κ3) is 4.09. The van der Waals surface area contributed by atoms with Crippen molar-refractivity contribution >= 4 is 17.5 Å². The average molecular weight is 386 g/mol. The molecule has 3 fully saturated rings. The van der Waals surface area contributed by atoms with E-state index in [0.29, 0.717) is 19.1 Å². The minimum absolute atomic E-state index is 0.0200. The quantitative estimate of drug-likeness (QED) is 0.812. The minimum Gasteiger partial charge on any atom is -0.497 e. The van der Waals surface area contributed by atoms with E-state index in [0.717, 1.165) is 37.4 Å². The molecule has 28 heavy (non-hydrogen) atoms. The van der Waals surface area contributed by atoms with Gasteiger partial charge in [0.2, 0.25) is 11.8 Å². The van der Waals surface area contributed by atoms with Gasteiger partial charge in [0.05, 0.1) is 19.6 Å². The van der Waals surface area contributed by atoms with Crippen molar-refractivity contribution in [2.45, 2.75) is 50.2 Å². The van der Waals surface area contributed by atoms with Gasteiger partial charge in [0.25, 0.3) is 0 Å². The van der Waals surface area contributed by atoms with Crippen LogP contribution in [0.4, 0.5) is 5.69 Å². The van der Waals surface area contributed by atoms with E-state index in [2.05, 4.69) is 15.5 Å². The van der Waals surface area contributed by atoms with E-state index < -0.39 is 6.04 Å². The zero-order valence-electron chi connectivity index (χ0n) is 16.5. The molecule has 7 heteroatoms. The molecule has 2 heterocycles. The van der Waals surface area contributed by atoms with E-state index in [4.69, 9.17) is 4.74 Å². The molecule has 1 aromatic carbocycles. The van der Waals surface area contributed by atoms with Gasteiger partial charge in [0.15, 0.2) is 0 Å². The van der Waals surface area contributed by atoms with Crippen LogP contribution in [-0.4, -0.2) is 68.1 Å². The van der Waals surface area contributed by atoms with Crippen molar-refractivity contribution in [1.82, 2.24) is 15.5 Å². The number of nitrogens with zero attached hydrogens (tertiary/aromatic N) is 2. The summed E-state index contributed by atoms with van der Waals surface area (Å²) in [6.07, 6.45) is 4.73. The van der Waals surface area contributed by atoms with Crippen molar-refractivity contribution in [2.24, 2.45) is 0 Å². The van der Waals surface area contributed by atoms with Crippen LogP contribution in [0.25, 0.3) is 0 Å². The molecule has 2 aliphatic heterocycles. The zero-order chi connectivity index (χ0) is 19.5. The molecule has 0 radical (unpaired) electrons. The van der Waals surface area contributed by atoms with Crippen molar-refractivity contribution in [3.63, 3.8) is 0 Å². The smallest absolute Gasteiger partial charge is 0.237 e. The largest absolute Gasteiger partial charge is 0.497 e. The van der Waals surface area contributed by atoms with Crippen LogP contribution in [0, 0.1) is 0 Å². The Kier molecular flexibility index (Phi) is 5.71. The van der Waals surface area contributed by atoms with Gasteiger partial charge in [-0.15, -0.1) is 0 Å². The van der Waals surface area contributed by atoms with Gasteiger partial charge < -0.3 is 25.2 Å². The van der Waals surface area contributed by atoms with Crippen molar-refractivity contribution in [3.8, 4) is 5.75 Å². The maximum Gasteiger partial charge on any atom is 0.237 e. The number of carbonyl (C=O) groups is 2. The number of rotatable bonds is 4. The van der Waals surface area contributed by atoms with Crippen LogP contribution in [-0.2, 0) is 9.59 Å². The number of fused-ring (bicyclic) bond motifs is 1. The van der Waals surface area contributed by atoms with E-state index in [1.807, 2.05) is 29.2 Å². The maximum atomic E-state index is 12.8. The lowest BCUT2D eigenvalue weighted by atomic mass is 9.87. The molecule has 2 N–H and O–H groups in total. The summed E-state index contributed by atoms with van der Waals surface area (Å²) in [5.41, 5.74) is 1.14. The number of hydrogen-bond donors (Lipinski definition) is 2. The summed E-state index contributed by atoms with van der Waals surface area (Å²) in [6, 6.07) is 8.17. The monoisotopic (exact) mass is 386 g/mol. The molecule has 0 bridgehead atoms. The van der Waals surface area contributed by atoms with Gasteiger partial charge >= 0.3 is 0 Å². The highest BCUT2D eigenvalue weighted by Gasteiger charge is 2.37. The summed E-state index contributed by atoms with van der Waals surface area (Å²) in [6.45, 7) is 2.97. The molecule has 0 unspecified atom stereocenters. The van der Waals surface area contributed by atoms with Crippen LogP contribution in [0.3, 0.4) is 0 Å². The standard InChI is InChI=1S/C21H30N4O3/c1-28-16-8-6-15(7-9-16)24-10-12-25(13-11-24)20(26)14-19-21(27)23-18-5-3-2-4-17(18)22-19/h6-9,17-19,22H,2-5,10-14H2,1H3,(H,23,27)/t17-,18+,19-/m1/s1. The number of hydrogen-bond acceptors (Lipinski definition) is 5. The van der Waals surface area contributed by atoms with Crippen LogP contribution in [0.1, 0.15) is 32.1 Å². The van der Waals surface area contributed by atoms with Crippen LogP contribution in [0.15, 0.2) is 24.3 Å². The Hall–Kier alpha value is -2.28. The molecule has 1 saturated carbocycles. The predicted molar refractivity (Wildman–Crippen MR) is 108 cm³/mol. The highest BCUT2D eigenvalue weighted by Crippen LogP contribution is 2.23. The Bertz CT molecular complexity index is 700. The maximum absolute atomic E-state index is 12.8. The van der Waals surface area contributed by atoms with Crippen molar-refractivity contribution in [3.05, 3.63) is 24.3 Å². The number of amides is 2. The first kappa shape index (κ1) is 19.1. The van der Waals surface area contributed by atoms with Gasteiger partial charge in [-0.1, -0.05) is 12.8 Å². The number of piperazine rings is 2. The van der Waals surface area contributed by atoms with Crippen LogP contribution in [0.2, 0.25) is 0 Å². The predicted octanol–water partition coefficient (Wildman–Crippen LogP) is 1.13. The van der Waals surface area contributed by atoms with Gasteiger partial charge in [-0.2, -0.15) is 0 Å². The average Bonchev–Trinajstić information content (AvgIpc) is 2.74. The lowest BCUT2D eigenvalue weighted by Crippen LogP contribution is -2.65. The molecule has 2 saturated heterocycles. The molecular formula is C21H30N4O3. The second-order valence-electron chi connectivity index (χ2n) is 8.00. The normalized spacial score (nSPS) is 27.8. The highest BCUT2D eigenvalue weighted by molar-refractivity contribution is 5.89. The summed E-state index contributed by atoms with van der Waals surface area (Å²) in [4.78, 5) is 29.3. The van der Waals surface area contributed by atoms with E-state index >= 15 is 0 Å². The number of methoxy groups -OCH3 is 1. The molecule has 0 spiro atoms. The number of nitrogens with one attached hydrogen (secondary N) is 2. The Morgan fingerprint density at radius 1 is 1.07 bits per heavy atom. The summed E-state index contributed by atoms with van der Waals surface area (Å²) < 4.78 is 5.21. The van der Waals surface area contributed by atoms with Crippen molar-refractivity contribution in [1.29, 1.82) is 0 Å². The molecule has 152 valence electrons. The molecular weight excluding hydrogens is 356 g/mol. The summed E-state index contributed by atoms with van der Waals surface area (Å²) in [5.74, 6) is 0.890. The number of anilines is 1. The van der Waals surface area contributed by atoms with Gasteiger partial charge in [-0.25, -0.2) is 0 Å². The fourth-order valence-electron chi connectivity index (χ4n) is 4.58. The van der Waals surface area contributed by atoms with Crippen molar-refractivity contribution < 1.29 is 14.3 Å². The van der Waals surface area contributed by atoms with Crippen LogP contribution < -0.4 is 20.3 Å². The van der Waals surface area contributed by atoms with E-state index in [1.54, 1.807) is 7.11 Å². The van der Waals surface area contributed by atoms with E-state index in [-0.39, 0.29) is 24.3 Å². The number of ether oxygens (including phenoxy) is 1. The zero-order valence-corrected chi connectivity index (χ0v) is 16.5. The fourth-order valence-corrected chi connectivity index (χ4v) is 4.58. The summed E-state index contributed by atoms with van der Waals surface area (Å²) in [5, 5.41) is 6.56. The van der Waals surface area contributed by atoms with Gasteiger partial charge in [0, 0.05) is 44.0 Å². The Morgan fingerprint density at radius 3 is 2.43 bits per heavy atom. The van der Waals surface area contributed by atoms with Gasteiger partial charge in [0.1, 0.15) is 5.75 Å². The molecule has 3 aliphatic rings. The lowest BCUT2D eigenvalue weighted by Gasteiger charge is -2.41. The molecule has 2 amide bonds. The molecule has 1 aliphatic carbocycles. The second-order valence-corrected chi connectivity index (χ2v) is 8.00. The summed E-state index contributed by atoms with van der Waals surface area (Å²) in [7, 11) is 1.66.